The van der Waals surface area contributed by atoms with E-state index in [-0.39, 0.29) is 30.5 Å². The van der Waals surface area contributed by atoms with Crippen LogP contribution in [-0.4, -0.2) is 66.9 Å². The molecule has 6 heteroatoms. The molecule has 2 aromatic rings. The van der Waals surface area contributed by atoms with E-state index in [1.54, 1.807) is 23.9 Å². The van der Waals surface area contributed by atoms with Gasteiger partial charge in [0.15, 0.2) is 0 Å². The molecule has 2 fully saturated rings. The quantitative estimate of drug-likeness (QED) is 0.829. The summed E-state index contributed by atoms with van der Waals surface area (Å²) in [4.78, 5) is 7.14. The Morgan fingerprint density at radius 1 is 1.00 bits per heavy atom. The minimum absolute atomic E-state index is 0.0856. The average molecular weight is 415 g/mol. The first-order valence-corrected chi connectivity index (χ1v) is 11.3. The number of ether oxygens (including phenoxy) is 1. The Morgan fingerprint density at radius 3 is 2.59 bits per heavy atom. The van der Waals surface area contributed by atoms with Crippen molar-refractivity contribution >= 4 is 11.8 Å². The summed E-state index contributed by atoms with van der Waals surface area (Å²) in [5, 5.41) is 9.13. The van der Waals surface area contributed by atoms with Crippen molar-refractivity contribution in [2.45, 2.75) is 34.3 Å². The second-order valence-electron chi connectivity index (χ2n) is 8.21. The Hall–Kier alpha value is -1.44. The second kappa shape index (κ2) is 8.36. The predicted octanol–water partition coefficient (Wildman–Crippen LogP) is 3.51. The van der Waals surface area contributed by atoms with E-state index in [9.17, 15) is 4.39 Å². The van der Waals surface area contributed by atoms with E-state index >= 15 is 0 Å². The molecule has 0 spiro atoms. The van der Waals surface area contributed by atoms with E-state index in [0.717, 1.165) is 56.1 Å². The lowest BCUT2D eigenvalue weighted by molar-refractivity contribution is 0.00702. The Kier molecular flexibility index (Phi) is 5.63. The zero-order chi connectivity index (χ0) is 19.8. The monoisotopic (exact) mass is 414 g/mol. The third-order valence-corrected chi connectivity index (χ3v) is 7.56. The van der Waals surface area contributed by atoms with Gasteiger partial charge in [-0.2, -0.15) is 0 Å². The van der Waals surface area contributed by atoms with Gasteiger partial charge < -0.3 is 9.84 Å². The van der Waals surface area contributed by atoms with Crippen LogP contribution >= 0.6 is 11.8 Å². The maximum atomic E-state index is 14.1. The van der Waals surface area contributed by atoms with Gasteiger partial charge in [0, 0.05) is 55.0 Å². The van der Waals surface area contributed by atoms with E-state index in [1.807, 2.05) is 6.07 Å². The van der Waals surface area contributed by atoms with Crippen LogP contribution in [0.2, 0.25) is 0 Å². The first-order chi connectivity index (χ1) is 14.2. The highest BCUT2D eigenvalue weighted by Gasteiger charge is 2.41. The van der Waals surface area contributed by atoms with Crippen molar-refractivity contribution in [1.29, 1.82) is 0 Å². The fourth-order valence-corrected chi connectivity index (χ4v) is 6.07. The van der Waals surface area contributed by atoms with Gasteiger partial charge in [0.1, 0.15) is 5.82 Å². The molecule has 3 atom stereocenters. The molecule has 0 unspecified atom stereocenters. The Morgan fingerprint density at radius 2 is 1.76 bits per heavy atom. The van der Waals surface area contributed by atoms with E-state index in [0.29, 0.717) is 0 Å². The molecule has 5 rings (SSSR count). The number of benzene rings is 2. The molecule has 0 radical (unpaired) electrons. The summed E-state index contributed by atoms with van der Waals surface area (Å²) in [5.74, 6) is 0.0727. The number of fused-ring (bicyclic) bond motifs is 5. The summed E-state index contributed by atoms with van der Waals surface area (Å²) in [5.41, 5.74) is 2.32. The molecule has 3 aliphatic rings. The summed E-state index contributed by atoms with van der Waals surface area (Å²) in [6.45, 7) is 5.90. The molecule has 2 aromatic carbocycles. The number of aliphatic hydroxyl groups is 1. The number of aliphatic hydroxyl groups excluding tert-OH is 1. The van der Waals surface area contributed by atoms with Crippen LogP contribution in [-0.2, 0) is 4.74 Å². The smallest absolute Gasteiger partial charge is 0.123 e. The molecular weight excluding hydrogens is 387 g/mol. The van der Waals surface area contributed by atoms with Crippen molar-refractivity contribution in [1.82, 2.24) is 9.80 Å². The molecule has 0 aromatic heterocycles. The van der Waals surface area contributed by atoms with Crippen LogP contribution in [0.15, 0.2) is 52.3 Å². The SMILES string of the molecule is OCCN1CCN(C[C@H]2C[C@@H]3c4ccccc4Sc4ccc(F)cc4[C@H]3O2)CC1. The van der Waals surface area contributed by atoms with Gasteiger partial charge in [-0.05, 0) is 41.8 Å². The van der Waals surface area contributed by atoms with Crippen molar-refractivity contribution in [3.05, 3.63) is 59.4 Å². The predicted molar refractivity (Wildman–Crippen MR) is 112 cm³/mol. The lowest BCUT2D eigenvalue weighted by atomic mass is 9.87. The number of rotatable bonds is 4. The molecule has 3 heterocycles. The van der Waals surface area contributed by atoms with Crippen LogP contribution in [0.4, 0.5) is 4.39 Å². The van der Waals surface area contributed by atoms with Crippen molar-refractivity contribution in [2.24, 2.45) is 0 Å². The summed E-state index contributed by atoms with van der Waals surface area (Å²) in [6.07, 6.45) is 1.04. The number of hydrogen-bond acceptors (Lipinski definition) is 5. The molecular formula is C23H27FN2O2S. The van der Waals surface area contributed by atoms with Gasteiger partial charge >= 0.3 is 0 Å². The first kappa shape index (κ1) is 19.5. The van der Waals surface area contributed by atoms with Crippen molar-refractivity contribution in [3.8, 4) is 0 Å². The van der Waals surface area contributed by atoms with Crippen LogP contribution in [0, 0.1) is 5.82 Å². The maximum Gasteiger partial charge on any atom is 0.123 e. The molecule has 154 valence electrons. The van der Waals surface area contributed by atoms with Crippen molar-refractivity contribution in [3.63, 3.8) is 0 Å². The summed E-state index contributed by atoms with van der Waals surface area (Å²) >= 11 is 1.73. The van der Waals surface area contributed by atoms with E-state index in [2.05, 4.69) is 34.1 Å². The summed E-state index contributed by atoms with van der Waals surface area (Å²) in [7, 11) is 0. The molecule has 0 saturated carbocycles. The van der Waals surface area contributed by atoms with Gasteiger partial charge in [0.25, 0.3) is 0 Å². The standard InChI is InChI=1S/C23H27FN2O2S/c24-16-5-6-22-20(13-16)23-19(18-3-1-2-4-21(18)29-22)14-17(28-23)15-26-9-7-25(8-10-26)11-12-27/h1-6,13,17,19,23,27H,7-12,14-15H2/t17-,19-,23+/m1/s1. The Labute approximate surface area is 175 Å². The van der Waals surface area contributed by atoms with Crippen LogP contribution < -0.4 is 0 Å². The highest BCUT2D eigenvalue weighted by Crippen LogP contribution is 2.53. The van der Waals surface area contributed by atoms with Crippen molar-refractivity contribution in [2.75, 3.05) is 45.9 Å². The minimum Gasteiger partial charge on any atom is -0.395 e. The summed E-state index contributed by atoms with van der Waals surface area (Å²) < 4.78 is 20.7. The third-order valence-electron chi connectivity index (χ3n) is 6.38. The molecule has 2 saturated heterocycles. The van der Waals surface area contributed by atoms with E-state index in [1.165, 1.54) is 10.5 Å². The van der Waals surface area contributed by atoms with E-state index in [4.69, 9.17) is 9.84 Å². The maximum absolute atomic E-state index is 14.1. The molecule has 1 N–H and O–H groups in total. The van der Waals surface area contributed by atoms with Crippen molar-refractivity contribution < 1.29 is 14.2 Å². The molecule has 0 aliphatic carbocycles. The number of halogens is 1. The lowest BCUT2D eigenvalue weighted by Gasteiger charge is -2.35. The second-order valence-corrected chi connectivity index (χ2v) is 9.29. The van der Waals surface area contributed by atoms with Gasteiger partial charge in [0.2, 0.25) is 0 Å². The topological polar surface area (TPSA) is 35.9 Å². The van der Waals surface area contributed by atoms with Gasteiger partial charge in [0.05, 0.1) is 18.8 Å². The zero-order valence-corrected chi connectivity index (χ0v) is 17.3. The highest BCUT2D eigenvalue weighted by atomic mass is 32.2. The lowest BCUT2D eigenvalue weighted by Crippen LogP contribution is -2.49. The number of nitrogens with zero attached hydrogens (tertiary/aromatic N) is 2. The first-order valence-electron chi connectivity index (χ1n) is 10.5. The molecule has 4 nitrogen and oxygen atoms in total. The molecule has 0 bridgehead atoms. The van der Waals surface area contributed by atoms with Crippen LogP contribution in [0.25, 0.3) is 0 Å². The van der Waals surface area contributed by atoms with Crippen LogP contribution in [0.3, 0.4) is 0 Å². The van der Waals surface area contributed by atoms with E-state index < -0.39 is 0 Å². The average Bonchev–Trinajstić information content (AvgIpc) is 3.10. The Balaban J connectivity index is 1.36. The third kappa shape index (κ3) is 3.97. The summed E-state index contributed by atoms with van der Waals surface area (Å²) in [6, 6.07) is 13.7. The van der Waals surface area contributed by atoms with Crippen LogP contribution in [0.5, 0.6) is 0 Å². The van der Waals surface area contributed by atoms with Gasteiger partial charge in [-0.25, -0.2) is 4.39 Å². The van der Waals surface area contributed by atoms with Gasteiger partial charge in [-0.15, -0.1) is 0 Å². The number of hydrogen-bond donors (Lipinski definition) is 1. The molecule has 29 heavy (non-hydrogen) atoms. The van der Waals surface area contributed by atoms with Crippen LogP contribution in [0.1, 0.15) is 29.6 Å². The largest absolute Gasteiger partial charge is 0.395 e. The van der Waals surface area contributed by atoms with Gasteiger partial charge in [-0.3, -0.25) is 9.80 Å². The zero-order valence-electron chi connectivity index (χ0n) is 16.5. The number of piperazine rings is 1. The Bertz CT molecular complexity index is 872. The normalized spacial score (nSPS) is 27.2. The number of β-amino-alcohol motifs (C(OH)–C–C–N with tert-alkyl or cyclic N) is 1. The fraction of sp³-hybridized carbons (Fsp3) is 0.478. The highest BCUT2D eigenvalue weighted by molar-refractivity contribution is 7.99. The molecule has 0 amide bonds. The molecule has 3 aliphatic heterocycles. The fourth-order valence-electron chi connectivity index (χ4n) is 4.92. The van der Waals surface area contributed by atoms with Gasteiger partial charge in [-0.1, -0.05) is 30.0 Å². The minimum atomic E-state index is -0.193.